The molecule has 66 valence electrons. The van der Waals surface area contributed by atoms with Crippen molar-refractivity contribution < 1.29 is 9.59 Å². The Hall–Kier alpha value is -1.39. The molecule has 12 heavy (non-hydrogen) atoms. The van der Waals surface area contributed by atoms with Crippen LogP contribution in [0.4, 0.5) is 4.79 Å². The first-order chi connectivity index (χ1) is 5.42. The molecular weight excluding hydrogens is 158 g/mol. The summed E-state index contributed by atoms with van der Waals surface area (Å²) in [4.78, 5) is 25.1. The highest BCUT2D eigenvalue weighted by Crippen LogP contribution is 2.10. The third-order valence-electron chi connectivity index (χ3n) is 1.52. The number of rotatable bonds is 0. The van der Waals surface area contributed by atoms with Gasteiger partial charge in [-0.05, 0) is 13.8 Å². The van der Waals surface area contributed by atoms with Gasteiger partial charge < -0.3 is 10.6 Å². The van der Waals surface area contributed by atoms with Gasteiger partial charge in [0.2, 0.25) is 5.91 Å². The molecule has 0 unspecified atom stereocenters. The molecule has 1 aliphatic rings. The maximum absolute atomic E-state index is 10.8. The van der Waals surface area contributed by atoms with Crippen molar-refractivity contribution in [3.8, 4) is 0 Å². The Bertz CT molecular complexity index is 268. The van der Waals surface area contributed by atoms with Gasteiger partial charge in [0.05, 0.1) is 5.54 Å². The van der Waals surface area contributed by atoms with Gasteiger partial charge in [0.15, 0.2) is 0 Å². The minimum Gasteiger partial charge on any atom is -0.324 e. The van der Waals surface area contributed by atoms with Crippen LogP contribution in [-0.2, 0) is 4.79 Å². The van der Waals surface area contributed by atoms with Crippen LogP contribution in [0.2, 0.25) is 0 Å². The van der Waals surface area contributed by atoms with Crippen LogP contribution in [0.25, 0.3) is 0 Å². The van der Waals surface area contributed by atoms with Gasteiger partial charge in [0, 0.05) is 6.92 Å². The number of urea groups is 1. The van der Waals surface area contributed by atoms with Gasteiger partial charge in [-0.1, -0.05) is 0 Å². The maximum atomic E-state index is 10.8. The topological polar surface area (TPSA) is 70.6 Å². The Morgan fingerprint density at radius 1 is 1.58 bits per heavy atom. The van der Waals surface area contributed by atoms with Crippen molar-refractivity contribution in [3.63, 3.8) is 0 Å². The van der Waals surface area contributed by atoms with E-state index in [-0.39, 0.29) is 5.91 Å². The molecule has 2 N–H and O–H groups in total. The van der Waals surface area contributed by atoms with Crippen LogP contribution in [-0.4, -0.2) is 23.3 Å². The number of hydrogen-bond acceptors (Lipinski definition) is 2. The zero-order chi connectivity index (χ0) is 9.35. The second-order valence-corrected chi connectivity index (χ2v) is 3.20. The van der Waals surface area contributed by atoms with E-state index < -0.39 is 11.6 Å². The third-order valence-corrected chi connectivity index (χ3v) is 1.52. The molecule has 1 rings (SSSR count). The number of amidine groups is 1. The number of nitrogens with one attached hydrogen (secondary N) is 2. The van der Waals surface area contributed by atoms with Crippen LogP contribution in [0.1, 0.15) is 20.8 Å². The van der Waals surface area contributed by atoms with Crippen LogP contribution in [0.3, 0.4) is 0 Å². The van der Waals surface area contributed by atoms with Crippen LogP contribution in [0, 0.1) is 0 Å². The molecule has 0 fully saturated rings. The van der Waals surface area contributed by atoms with Gasteiger partial charge in [-0.15, -0.1) is 0 Å². The number of nitrogens with zero attached hydrogens (tertiary/aromatic N) is 1. The molecule has 0 radical (unpaired) electrons. The van der Waals surface area contributed by atoms with Gasteiger partial charge >= 0.3 is 6.03 Å². The predicted molar refractivity (Wildman–Crippen MR) is 43.9 cm³/mol. The largest absolute Gasteiger partial charge is 0.343 e. The Labute approximate surface area is 70.2 Å². The SMILES string of the molecule is CC(=O)NC1=NC(=O)NC1(C)C. The van der Waals surface area contributed by atoms with Crippen molar-refractivity contribution in [1.29, 1.82) is 0 Å². The molecule has 0 saturated carbocycles. The first-order valence-corrected chi connectivity index (χ1v) is 3.61. The minimum atomic E-state index is -0.567. The van der Waals surface area contributed by atoms with Crippen LogP contribution in [0.15, 0.2) is 4.99 Å². The first kappa shape index (κ1) is 8.70. The fourth-order valence-corrected chi connectivity index (χ4v) is 0.947. The lowest BCUT2D eigenvalue weighted by Crippen LogP contribution is -2.49. The lowest BCUT2D eigenvalue weighted by atomic mass is 10.1. The average molecular weight is 169 g/mol. The standard InChI is InChI=1S/C7H11N3O2/c1-4(11)8-5-7(2,3)10-6(12)9-5/h1-3H3,(H2,8,9,10,11,12). The lowest BCUT2D eigenvalue weighted by molar-refractivity contribution is -0.117. The van der Waals surface area contributed by atoms with E-state index in [2.05, 4.69) is 15.6 Å². The summed E-state index contributed by atoms with van der Waals surface area (Å²) in [6, 6.07) is -0.413. The van der Waals surface area contributed by atoms with Gasteiger partial charge in [-0.2, -0.15) is 4.99 Å². The van der Waals surface area contributed by atoms with Crippen LogP contribution < -0.4 is 10.6 Å². The zero-order valence-corrected chi connectivity index (χ0v) is 7.26. The number of amides is 3. The summed E-state index contributed by atoms with van der Waals surface area (Å²) < 4.78 is 0. The van der Waals surface area contributed by atoms with E-state index in [0.717, 1.165) is 0 Å². The molecule has 5 nitrogen and oxygen atoms in total. The van der Waals surface area contributed by atoms with E-state index in [1.165, 1.54) is 6.92 Å². The highest BCUT2D eigenvalue weighted by Gasteiger charge is 2.33. The third kappa shape index (κ3) is 1.61. The van der Waals surface area contributed by atoms with Crippen molar-refractivity contribution in [3.05, 3.63) is 0 Å². The van der Waals surface area contributed by atoms with E-state index in [4.69, 9.17) is 0 Å². The Morgan fingerprint density at radius 3 is 2.50 bits per heavy atom. The molecule has 0 spiro atoms. The normalized spacial score (nSPS) is 19.9. The van der Waals surface area contributed by atoms with Gasteiger partial charge in [-0.3, -0.25) is 4.79 Å². The first-order valence-electron chi connectivity index (χ1n) is 3.61. The van der Waals surface area contributed by atoms with Crippen molar-refractivity contribution in [2.75, 3.05) is 0 Å². The molecule has 1 aliphatic heterocycles. The summed E-state index contributed by atoms with van der Waals surface area (Å²) in [5.74, 6) is 0.151. The summed E-state index contributed by atoms with van der Waals surface area (Å²) in [5, 5.41) is 5.08. The summed E-state index contributed by atoms with van der Waals surface area (Å²) in [6.07, 6.45) is 0. The smallest absolute Gasteiger partial charge is 0.324 e. The molecule has 0 bridgehead atoms. The molecule has 3 amide bonds. The fraction of sp³-hybridized carbons (Fsp3) is 0.571. The predicted octanol–water partition coefficient (Wildman–Crippen LogP) is 0.0228. The molecule has 0 aromatic carbocycles. The van der Waals surface area contributed by atoms with Crippen molar-refractivity contribution in [2.24, 2.45) is 4.99 Å². The summed E-state index contributed by atoms with van der Waals surface area (Å²) >= 11 is 0. The molecule has 0 aromatic rings. The molecule has 5 heteroatoms. The summed E-state index contributed by atoms with van der Waals surface area (Å²) in [7, 11) is 0. The van der Waals surface area contributed by atoms with Crippen LogP contribution >= 0.6 is 0 Å². The average Bonchev–Trinajstić information content (AvgIpc) is 2.04. The van der Waals surface area contributed by atoms with E-state index in [9.17, 15) is 9.59 Å². The number of carbonyl (C=O) groups excluding carboxylic acids is 2. The second-order valence-electron chi connectivity index (χ2n) is 3.20. The molecule has 0 saturated heterocycles. The van der Waals surface area contributed by atoms with E-state index in [1.807, 2.05) is 0 Å². The Morgan fingerprint density at radius 2 is 2.17 bits per heavy atom. The highest BCUT2D eigenvalue weighted by molar-refractivity contribution is 6.11. The highest BCUT2D eigenvalue weighted by atomic mass is 16.2. The molecule has 0 atom stereocenters. The van der Waals surface area contributed by atoms with Crippen molar-refractivity contribution in [1.82, 2.24) is 10.6 Å². The van der Waals surface area contributed by atoms with E-state index in [1.54, 1.807) is 13.8 Å². The van der Waals surface area contributed by atoms with Crippen LogP contribution in [0.5, 0.6) is 0 Å². The monoisotopic (exact) mass is 169 g/mol. The summed E-state index contributed by atoms with van der Waals surface area (Å²) in [5.41, 5.74) is -0.567. The van der Waals surface area contributed by atoms with Gasteiger partial charge in [-0.25, -0.2) is 4.79 Å². The fourth-order valence-electron chi connectivity index (χ4n) is 0.947. The van der Waals surface area contributed by atoms with E-state index in [0.29, 0.717) is 5.84 Å². The maximum Gasteiger partial charge on any atom is 0.343 e. The number of carbonyl (C=O) groups is 2. The Balaban J connectivity index is 2.81. The van der Waals surface area contributed by atoms with Crippen molar-refractivity contribution >= 4 is 17.8 Å². The quantitative estimate of drug-likeness (QED) is 0.536. The molecule has 0 aromatic heterocycles. The van der Waals surface area contributed by atoms with E-state index >= 15 is 0 Å². The van der Waals surface area contributed by atoms with Gasteiger partial charge in [0.25, 0.3) is 0 Å². The molecule has 1 heterocycles. The zero-order valence-electron chi connectivity index (χ0n) is 7.26. The number of aliphatic imine (C=N–C) groups is 1. The minimum absolute atomic E-state index is 0.224. The second kappa shape index (κ2) is 2.58. The molecule has 0 aliphatic carbocycles. The van der Waals surface area contributed by atoms with Gasteiger partial charge in [0.1, 0.15) is 5.84 Å². The Kier molecular flexibility index (Phi) is 1.87. The lowest BCUT2D eigenvalue weighted by Gasteiger charge is -2.19. The number of hydrogen-bond donors (Lipinski definition) is 2. The molecular formula is C7H11N3O2. The van der Waals surface area contributed by atoms with Crippen molar-refractivity contribution in [2.45, 2.75) is 26.3 Å². The summed E-state index contributed by atoms with van der Waals surface area (Å²) in [6.45, 7) is 4.92.